The van der Waals surface area contributed by atoms with E-state index in [2.05, 4.69) is 10.3 Å². The number of primary amides is 1. The number of primary sulfonamides is 1. The lowest BCUT2D eigenvalue weighted by molar-refractivity contribution is -0.114. The van der Waals surface area contributed by atoms with Crippen molar-refractivity contribution >= 4 is 49.7 Å². The largest absolute Gasteiger partial charge is 0.383 e. The zero-order valence-electron chi connectivity index (χ0n) is 19.5. The molecule has 4 rings (SSSR count). The molecular formula is C26H22FN5O4S. The Balaban J connectivity index is 1.69. The molecule has 0 bridgehead atoms. The van der Waals surface area contributed by atoms with Gasteiger partial charge in [0.2, 0.25) is 10.0 Å². The van der Waals surface area contributed by atoms with Gasteiger partial charge in [0.25, 0.3) is 11.8 Å². The molecule has 1 heterocycles. The molecule has 0 radical (unpaired) electrons. The van der Waals surface area contributed by atoms with Crippen LogP contribution in [0, 0.1) is 0 Å². The summed E-state index contributed by atoms with van der Waals surface area (Å²) in [5, 5.41) is 9.08. The Bertz CT molecular complexity index is 1720. The molecule has 0 aliphatic carbocycles. The smallest absolute Gasteiger partial charge is 0.284 e. The third kappa shape index (κ3) is 5.17. The molecule has 0 unspecified atom stereocenters. The second kappa shape index (κ2) is 9.80. The molecule has 0 saturated carbocycles. The summed E-state index contributed by atoms with van der Waals surface area (Å²) in [6.07, 6.45) is 1.56. The number of rotatable bonds is 6. The zero-order valence-corrected chi connectivity index (χ0v) is 20.3. The first-order valence-electron chi connectivity index (χ1n) is 10.9. The number of nitrogens with one attached hydrogen (secondary N) is 1. The van der Waals surface area contributed by atoms with Crippen molar-refractivity contribution in [1.82, 2.24) is 4.98 Å². The number of carbonyl (C=O) groups excluding carboxylic acids is 2. The van der Waals surface area contributed by atoms with E-state index in [9.17, 15) is 18.0 Å². The van der Waals surface area contributed by atoms with Gasteiger partial charge in [0.05, 0.1) is 16.1 Å². The number of fused-ring (bicyclic) bond motifs is 1. The van der Waals surface area contributed by atoms with Crippen molar-refractivity contribution in [3.05, 3.63) is 89.9 Å². The fourth-order valence-corrected chi connectivity index (χ4v) is 4.64. The minimum atomic E-state index is -4.06. The van der Waals surface area contributed by atoms with E-state index in [1.165, 1.54) is 43.3 Å². The average molecular weight is 520 g/mol. The number of carbonyl (C=O) groups is 2. The zero-order chi connectivity index (χ0) is 26.9. The Labute approximate surface area is 211 Å². The van der Waals surface area contributed by atoms with Crippen LogP contribution in [0.2, 0.25) is 0 Å². The number of nitrogen functional groups attached to an aromatic ring is 1. The molecule has 7 N–H and O–H groups in total. The first kappa shape index (κ1) is 25.5. The highest BCUT2D eigenvalue weighted by Crippen LogP contribution is 2.31. The van der Waals surface area contributed by atoms with Crippen molar-refractivity contribution in [3.8, 4) is 11.1 Å². The Hall–Kier alpha value is -4.61. The van der Waals surface area contributed by atoms with Crippen LogP contribution in [-0.2, 0) is 14.8 Å². The van der Waals surface area contributed by atoms with E-state index in [1.54, 1.807) is 36.5 Å². The quantitative estimate of drug-likeness (QED) is 0.284. The van der Waals surface area contributed by atoms with Crippen LogP contribution in [0.3, 0.4) is 0 Å². The Kier molecular flexibility index (Phi) is 6.75. The lowest BCUT2D eigenvalue weighted by Crippen LogP contribution is -2.19. The summed E-state index contributed by atoms with van der Waals surface area (Å²) in [5.41, 5.74) is 12.2. The minimum absolute atomic E-state index is 0.0435. The van der Waals surface area contributed by atoms with Gasteiger partial charge in [0.1, 0.15) is 5.82 Å². The molecule has 37 heavy (non-hydrogen) atoms. The molecule has 0 saturated heterocycles. The van der Waals surface area contributed by atoms with Gasteiger partial charge in [0, 0.05) is 17.1 Å². The van der Waals surface area contributed by atoms with Crippen molar-refractivity contribution in [2.24, 2.45) is 10.9 Å². The summed E-state index contributed by atoms with van der Waals surface area (Å²) >= 11 is 0. The van der Waals surface area contributed by atoms with Gasteiger partial charge in [-0.1, -0.05) is 36.4 Å². The maximum atomic E-state index is 15.1. The van der Waals surface area contributed by atoms with Crippen LogP contribution in [0.5, 0.6) is 0 Å². The number of pyridine rings is 1. The highest BCUT2D eigenvalue weighted by atomic mass is 32.2. The van der Waals surface area contributed by atoms with Crippen molar-refractivity contribution in [1.29, 1.82) is 0 Å². The fourth-order valence-electron chi connectivity index (χ4n) is 3.88. The number of halogens is 1. The summed E-state index contributed by atoms with van der Waals surface area (Å²) in [6, 6.07) is 16.8. The molecule has 0 aliphatic heterocycles. The number of allylic oxidation sites excluding steroid dienone is 1. The molecule has 0 atom stereocenters. The molecule has 3 aromatic carbocycles. The number of hydrogen-bond donors (Lipinski definition) is 4. The van der Waals surface area contributed by atoms with E-state index in [4.69, 9.17) is 16.6 Å². The van der Waals surface area contributed by atoms with Gasteiger partial charge in [0.15, 0.2) is 5.83 Å². The van der Waals surface area contributed by atoms with Crippen molar-refractivity contribution in [2.75, 3.05) is 11.1 Å². The Morgan fingerprint density at radius 1 is 1.00 bits per heavy atom. The normalized spacial score (nSPS) is 12.2. The van der Waals surface area contributed by atoms with E-state index in [0.717, 1.165) is 5.39 Å². The molecule has 9 nitrogen and oxygen atoms in total. The number of aromatic nitrogens is 1. The maximum absolute atomic E-state index is 15.1. The standard InChI is InChI=1S/C26H22FN5O4S/c1-14(16-7-6-15-10-11-31-24(28)19(15)12-16)23(27)26(34)32-21-9-8-17(13-20(21)25(29)33)18-4-2-3-5-22(18)37(30,35)36/h2-13H,1H3,(H2,28,31)(H2,29,33)(H,32,34)(H2,30,35,36)/b23-14+. The number of nitrogens with two attached hydrogens (primary N) is 3. The van der Waals surface area contributed by atoms with E-state index >= 15 is 4.39 Å². The van der Waals surface area contributed by atoms with Gasteiger partial charge < -0.3 is 16.8 Å². The summed E-state index contributed by atoms with van der Waals surface area (Å²) in [5.74, 6) is -2.83. The van der Waals surface area contributed by atoms with Crippen LogP contribution < -0.4 is 21.9 Å². The Morgan fingerprint density at radius 3 is 2.43 bits per heavy atom. The van der Waals surface area contributed by atoms with Crippen LogP contribution in [0.1, 0.15) is 22.8 Å². The van der Waals surface area contributed by atoms with Gasteiger partial charge in [-0.3, -0.25) is 9.59 Å². The SMILES string of the molecule is C/C(=C(\F)C(=O)Nc1ccc(-c2ccccc2S(N)(=O)=O)cc1C(N)=O)c1ccc2ccnc(N)c2c1. The van der Waals surface area contributed by atoms with Crippen LogP contribution >= 0.6 is 0 Å². The summed E-state index contributed by atoms with van der Waals surface area (Å²) in [7, 11) is -4.06. The van der Waals surface area contributed by atoms with Gasteiger partial charge in [-0.05, 0) is 59.3 Å². The number of benzene rings is 3. The predicted molar refractivity (Wildman–Crippen MR) is 140 cm³/mol. The van der Waals surface area contributed by atoms with Crippen LogP contribution in [-0.4, -0.2) is 25.2 Å². The first-order valence-corrected chi connectivity index (χ1v) is 12.4. The molecule has 4 aromatic rings. The average Bonchev–Trinajstić information content (AvgIpc) is 2.87. The van der Waals surface area contributed by atoms with E-state index in [0.29, 0.717) is 16.5 Å². The number of anilines is 2. The lowest BCUT2D eigenvalue weighted by Gasteiger charge is -2.13. The highest BCUT2D eigenvalue weighted by molar-refractivity contribution is 7.89. The van der Waals surface area contributed by atoms with Crippen molar-refractivity contribution in [2.45, 2.75) is 11.8 Å². The molecule has 188 valence electrons. The molecule has 2 amide bonds. The summed E-state index contributed by atoms with van der Waals surface area (Å²) in [4.78, 5) is 28.8. The van der Waals surface area contributed by atoms with Gasteiger partial charge in [-0.2, -0.15) is 0 Å². The molecule has 0 aliphatic rings. The summed E-state index contributed by atoms with van der Waals surface area (Å²) in [6.45, 7) is 1.44. The molecule has 1 aromatic heterocycles. The lowest BCUT2D eigenvalue weighted by atomic mass is 10.0. The monoisotopic (exact) mass is 519 g/mol. The van der Waals surface area contributed by atoms with Crippen molar-refractivity contribution in [3.63, 3.8) is 0 Å². The highest BCUT2D eigenvalue weighted by Gasteiger charge is 2.20. The predicted octanol–water partition coefficient (Wildman–Crippen LogP) is 3.57. The Morgan fingerprint density at radius 2 is 1.73 bits per heavy atom. The van der Waals surface area contributed by atoms with Crippen molar-refractivity contribution < 1.29 is 22.4 Å². The van der Waals surface area contributed by atoms with Gasteiger partial charge in [-0.15, -0.1) is 0 Å². The fraction of sp³-hybridized carbons (Fsp3) is 0.0385. The molecule has 0 fully saturated rings. The maximum Gasteiger partial charge on any atom is 0.284 e. The topological polar surface area (TPSA) is 171 Å². The second-order valence-corrected chi connectivity index (χ2v) is 9.72. The molecule has 11 heteroatoms. The first-order chi connectivity index (χ1) is 17.5. The van der Waals surface area contributed by atoms with Gasteiger partial charge in [-0.25, -0.2) is 22.9 Å². The number of amides is 2. The number of sulfonamides is 1. The van der Waals surface area contributed by atoms with E-state index < -0.39 is 27.7 Å². The van der Waals surface area contributed by atoms with E-state index in [-0.39, 0.29) is 33.1 Å². The minimum Gasteiger partial charge on any atom is -0.383 e. The second-order valence-electron chi connectivity index (χ2n) is 8.19. The van der Waals surface area contributed by atoms with Gasteiger partial charge >= 0.3 is 0 Å². The van der Waals surface area contributed by atoms with Crippen LogP contribution in [0.25, 0.3) is 27.5 Å². The molecular weight excluding hydrogens is 497 g/mol. The van der Waals surface area contributed by atoms with E-state index in [1.807, 2.05) is 0 Å². The third-order valence-electron chi connectivity index (χ3n) is 5.80. The summed E-state index contributed by atoms with van der Waals surface area (Å²) < 4.78 is 39.1. The third-order valence-corrected chi connectivity index (χ3v) is 6.77. The molecule has 0 spiro atoms. The van der Waals surface area contributed by atoms with Crippen LogP contribution in [0.15, 0.2) is 83.6 Å². The van der Waals surface area contributed by atoms with Crippen LogP contribution in [0.4, 0.5) is 15.9 Å². The number of nitrogens with zero attached hydrogens (tertiary/aromatic N) is 1. The number of hydrogen-bond acceptors (Lipinski definition) is 6.